The molecule has 2 aromatic carbocycles. The minimum Gasteiger partial charge on any atom is -0.294 e. The fourth-order valence-electron chi connectivity index (χ4n) is 3.52. The number of carbonyl (C=O) groups is 1. The predicted octanol–water partition coefficient (Wildman–Crippen LogP) is 3.46. The number of benzene rings is 2. The van der Waals surface area contributed by atoms with Crippen molar-refractivity contribution in [2.45, 2.75) is 31.6 Å². The zero-order valence-electron chi connectivity index (χ0n) is 15.5. The van der Waals surface area contributed by atoms with Gasteiger partial charge in [0.05, 0.1) is 16.5 Å². The SMILES string of the molecule is Cc1ccc(C(=O)C2CCN(S(=O)(=O)c3ccc(C#N)cc3)CC2)c(C)c1. The summed E-state index contributed by atoms with van der Waals surface area (Å²) in [6, 6.07) is 13.7. The van der Waals surface area contributed by atoms with Crippen LogP contribution in [0.25, 0.3) is 0 Å². The monoisotopic (exact) mass is 382 g/mol. The number of sulfonamides is 1. The molecule has 0 spiro atoms. The van der Waals surface area contributed by atoms with Gasteiger partial charge in [0, 0.05) is 24.6 Å². The molecule has 1 aliphatic heterocycles. The fourth-order valence-corrected chi connectivity index (χ4v) is 4.99. The highest BCUT2D eigenvalue weighted by atomic mass is 32.2. The third-order valence-corrected chi connectivity index (χ3v) is 7.01. The molecule has 0 amide bonds. The quantitative estimate of drug-likeness (QED) is 0.759. The third-order valence-electron chi connectivity index (χ3n) is 5.09. The van der Waals surface area contributed by atoms with Crippen molar-refractivity contribution in [3.63, 3.8) is 0 Å². The zero-order valence-corrected chi connectivity index (χ0v) is 16.3. The van der Waals surface area contributed by atoms with E-state index in [0.29, 0.717) is 31.5 Å². The van der Waals surface area contributed by atoms with Gasteiger partial charge in [0.15, 0.2) is 5.78 Å². The number of Topliss-reactive ketones (excluding diaryl/α,β-unsaturated/α-hetero) is 1. The molecule has 6 heteroatoms. The lowest BCUT2D eigenvalue weighted by molar-refractivity contribution is 0.0874. The van der Waals surface area contributed by atoms with Gasteiger partial charge in [0.2, 0.25) is 10.0 Å². The van der Waals surface area contributed by atoms with Gasteiger partial charge in [-0.3, -0.25) is 4.79 Å². The standard InChI is InChI=1S/C21H22N2O3S/c1-15-3-8-20(16(2)13-15)21(24)18-9-11-23(12-10-18)27(25,26)19-6-4-17(14-22)5-7-19/h3-8,13,18H,9-12H2,1-2H3. The van der Waals surface area contributed by atoms with Crippen LogP contribution in [-0.4, -0.2) is 31.6 Å². The molecular weight excluding hydrogens is 360 g/mol. The number of aryl methyl sites for hydroxylation is 2. The van der Waals surface area contributed by atoms with E-state index in [4.69, 9.17) is 5.26 Å². The predicted molar refractivity (Wildman–Crippen MR) is 103 cm³/mol. The van der Waals surface area contributed by atoms with E-state index in [9.17, 15) is 13.2 Å². The van der Waals surface area contributed by atoms with Gasteiger partial charge < -0.3 is 0 Å². The van der Waals surface area contributed by atoms with Gasteiger partial charge in [-0.2, -0.15) is 9.57 Å². The molecule has 1 aliphatic rings. The Labute approximate surface area is 160 Å². The summed E-state index contributed by atoms with van der Waals surface area (Å²) in [5.41, 5.74) is 3.24. The van der Waals surface area contributed by atoms with Crippen molar-refractivity contribution in [1.82, 2.24) is 4.31 Å². The van der Waals surface area contributed by atoms with Gasteiger partial charge in [0.1, 0.15) is 0 Å². The number of rotatable bonds is 4. The number of piperidine rings is 1. The van der Waals surface area contributed by atoms with Crippen LogP contribution in [0.15, 0.2) is 47.4 Å². The highest BCUT2D eigenvalue weighted by Crippen LogP contribution is 2.27. The lowest BCUT2D eigenvalue weighted by atomic mass is 9.87. The molecule has 0 N–H and O–H groups in total. The van der Waals surface area contributed by atoms with E-state index < -0.39 is 10.0 Å². The lowest BCUT2D eigenvalue weighted by Crippen LogP contribution is -2.40. The van der Waals surface area contributed by atoms with Crippen LogP contribution in [0, 0.1) is 31.1 Å². The van der Waals surface area contributed by atoms with Gasteiger partial charge in [-0.25, -0.2) is 8.42 Å². The summed E-state index contributed by atoms with van der Waals surface area (Å²) >= 11 is 0. The Kier molecular flexibility index (Phi) is 5.45. The molecule has 0 atom stereocenters. The van der Waals surface area contributed by atoms with Crippen LogP contribution in [0.5, 0.6) is 0 Å². The molecule has 0 aliphatic carbocycles. The largest absolute Gasteiger partial charge is 0.294 e. The minimum atomic E-state index is -3.60. The highest BCUT2D eigenvalue weighted by Gasteiger charge is 2.32. The van der Waals surface area contributed by atoms with Crippen molar-refractivity contribution < 1.29 is 13.2 Å². The first-order chi connectivity index (χ1) is 12.8. The normalized spacial score (nSPS) is 16.0. The molecule has 0 unspecified atom stereocenters. The Morgan fingerprint density at radius 3 is 2.26 bits per heavy atom. The van der Waals surface area contributed by atoms with E-state index >= 15 is 0 Å². The summed E-state index contributed by atoms with van der Waals surface area (Å²) in [5.74, 6) is -0.0539. The number of nitriles is 1. The molecule has 27 heavy (non-hydrogen) atoms. The maximum absolute atomic E-state index is 12.8. The summed E-state index contributed by atoms with van der Waals surface area (Å²) in [4.78, 5) is 13.0. The first-order valence-corrected chi connectivity index (χ1v) is 10.4. The Morgan fingerprint density at radius 2 is 1.70 bits per heavy atom. The molecule has 0 radical (unpaired) electrons. The third kappa shape index (κ3) is 3.95. The van der Waals surface area contributed by atoms with Crippen molar-refractivity contribution in [2.75, 3.05) is 13.1 Å². The molecule has 5 nitrogen and oxygen atoms in total. The average Bonchev–Trinajstić information content (AvgIpc) is 2.67. The van der Waals surface area contributed by atoms with Crippen molar-refractivity contribution in [3.05, 3.63) is 64.7 Å². The summed E-state index contributed by atoms with van der Waals surface area (Å²) in [5, 5.41) is 8.85. The maximum atomic E-state index is 12.8. The molecule has 140 valence electrons. The van der Waals surface area contributed by atoms with Crippen LogP contribution < -0.4 is 0 Å². The first-order valence-electron chi connectivity index (χ1n) is 8.94. The van der Waals surface area contributed by atoms with E-state index in [1.54, 1.807) is 0 Å². The summed E-state index contributed by atoms with van der Waals surface area (Å²) < 4.78 is 27.0. The second kappa shape index (κ2) is 7.63. The van der Waals surface area contributed by atoms with E-state index in [1.807, 2.05) is 38.1 Å². The first kappa shape index (κ1) is 19.3. The smallest absolute Gasteiger partial charge is 0.243 e. The van der Waals surface area contributed by atoms with Crippen molar-refractivity contribution in [3.8, 4) is 6.07 Å². The van der Waals surface area contributed by atoms with Crippen molar-refractivity contribution in [2.24, 2.45) is 5.92 Å². The van der Waals surface area contributed by atoms with Crippen molar-refractivity contribution >= 4 is 15.8 Å². The van der Waals surface area contributed by atoms with E-state index in [1.165, 1.54) is 28.6 Å². The van der Waals surface area contributed by atoms with Gasteiger partial charge >= 0.3 is 0 Å². The van der Waals surface area contributed by atoms with Crippen LogP contribution in [0.3, 0.4) is 0 Å². The van der Waals surface area contributed by atoms with Crippen LogP contribution in [0.1, 0.15) is 39.9 Å². The van der Waals surface area contributed by atoms with Crippen LogP contribution in [0.2, 0.25) is 0 Å². The number of hydrogen-bond acceptors (Lipinski definition) is 4. The molecular formula is C21H22N2O3S. The van der Waals surface area contributed by atoms with Gasteiger partial charge in [-0.05, 0) is 56.5 Å². The molecule has 1 saturated heterocycles. The second-order valence-electron chi connectivity index (χ2n) is 7.00. The van der Waals surface area contributed by atoms with E-state index in [-0.39, 0.29) is 16.6 Å². The summed E-state index contributed by atoms with van der Waals surface area (Å²) in [6.07, 6.45) is 1.03. The second-order valence-corrected chi connectivity index (χ2v) is 8.94. The van der Waals surface area contributed by atoms with Gasteiger partial charge in [0.25, 0.3) is 0 Å². The minimum absolute atomic E-state index is 0.0999. The molecule has 1 fully saturated rings. The maximum Gasteiger partial charge on any atom is 0.243 e. The van der Waals surface area contributed by atoms with Crippen LogP contribution in [0.4, 0.5) is 0 Å². The zero-order chi connectivity index (χ0) is 19.6. The topological polar surface area (TPSA) is 78.2 Å². The number of hydrogen-bond donors (Lipinski definition) is 0. The van der Waals surface area contributed by atoms with Gasteiger partial charge in [-0.1, -0.05) is 23.8 Å². The van der Waals surface area contributed by atoms with Crippen LogP contribution >= 0.6 is 0 Å². The Hall–Kier alpha value is -2.49. The summed E-state index contributed by atoms with van der Waals surface area (Å²) in [6.45, 7) is 4.58. The van der Waals surface area contributed by atoms with Crippen LogP contribution in [-0.2, 0) is 10.0 Å². The van der Waals surface area contributed by atoms with Gasteiger partial charge in [-0.15, -0.1) is 0 Å². The van der Waals surface area contributed by atoms with E-state index in [2.05, 4.69) is 0 Å². The Morgan fingerprint density at radius 1 is 1.07 bits per heavy atom. The fraction of sp³-hybridized carbons (Fsp3) is 0.333. The van der Waals surface area contributed by atoms with E-state index in [0.717, 1.165) is 16.7 Å². The average molecular weight is 382 g/mol. The molecule has 1 heterocycles. The number of carbonyl (C=O) groups excluding carboxylic acids is 1. The summed E-state index contributed by atoms with van der Waals surface area (Å²) in [7, 11) is -3.60. The Bertz CT molecular complexity index is 997. The number of ketones is 1. The Balaban J connectivity index is 1.70. The van der Waals surface area contributed by atoms with Crippen molar-refractivity contribution in [1.29, 1.82) is 5.26 Å². The number of nitrogens with zero attached hydrogens (tertiary/aromatic N) is 2. The highest BCUT2D eigenvalue weighted by molar-refractivity contribution is 7.89. The molecule has 0 bridgehead atoms. The molecule has 2 aromatic rings. The molecule has 0 aromatic heterocycles. The molecule has 3 rings (SSSR count). The lowest BCUT2D eigenvalue weighted by Gasteiger charge is -2.30. The molecule has 0 saturated carbocycles.